The van der Waals surface area contributed by atoms with E-state index in [9.17, 15) is 9.59 Å². The lowest BCUT2D eigenvalue weighted by Gasteiger charge is -2.15. The molecule has 0 bridgehead atoms. The second-order valence-electron chi connectivity index (χ2n) is 5.56. The van der Waals surface area contributed by atoms with Crippen LogP contribution in [0.4, 0.5) is 11.4 Å². The van der Waals surface area contributed by atoms with Crippen LogP contribution in [0.1, 0.15) is 12.5 Å². The monoisotopic (exact) mass is 354 g/mol. The summed E-state index contributed by atoms with van der Waals surface area (Å²) in [5.74, 6) is 0.914. The van der Waals surface area contributed by atoms with Crippen LogP contribution in [0.25, 0.3) is 6.08 Å². The number of methoxy groups -OCH3 is 2. The largest absolute Gasteiger partial charge is 0.493 e. The first-order valence-electron chi connectivity index (χ1n) is 8.00. The van der Waals surface area contributed by atoms with Crippen molar-refractivity contribution in [1.29, 1.82) is 0 Å². The smallest absolute Gasteiger partial charge is 0.248 e. The van der Waals surface area contributed by atoms with Crippen LogP contribution >= 0.6 is 0 Å². The minimum absolute atomic E-state index is 0.0559. The van der Waals surface area contributed by atoms with Crippen molar-refractivity contribution in [1.82, 2.24) is 0 Å². The van der Waals surface area contributed by atoms with Gasteiger partial charge >= 0.3 is 0 Å². The molecular formula is C20H22N2O4. The van der Waals surface area contributed by atoms with Crippen molar-refractivity contribution in [2.24, 2.45) is 0 Å². The predicted molar refractivity (Wildman–Crippen MR) is 103 cm³/mol. The molecule has 136 valence electrons. The molecule has 0 unspecified atom stereocenters. The quantitative estimate of drug-likeness (QED) is 0.808. The van der Waals surface area contributed by atoms with E-state index in [1.54, 1.807) is 63.7 Å². The summed E-state index contributed by atoms with van der Waals surface area (Å²) >= 11 is 0. The van der Waals surface area contributed by atoms with Gasteiger partial charge in [0.05, 0.1) is 14.2 Å². The maximum Gasteiger partial charge on any atom is 0.248 e. The molecule has 0 atom stereocenters. The van der Waals surface area contributed by atoms with Gasteiger partial charge in [0.2, 0.25) is 11.8 Å². The molecule has 0 spiro atoms. The van der Waals surface area contributed by atoms with Gasteiger partial charge in [-0.1, -0.05) is 6.07 Å². The van der Waals surface area contributed by atoms with Gasteiger partial charge in [-0.25, -0.2) is 0 Å². The Labute approximate surface area is 153 Å². The molecule has 0 heterocycles. The highest BCUT2D eigenvalue weighted by molar-refractivity contribution is 6.02. The summed E-state index contributed by atoms with van der Waals surface area (Å²) in [5, 5.41) is 2.77. The van der Waals surface area contributed by atoms with E-state index in [0.717, 1.165) is 11.3 Å². The zero-order valence-electron chi connectivity index (χ0n) is 15.3. The van der Waals surface area contributed by atoms with Crippen LogP contribution < -0.4 is 19.7 Å². The Kier molecular flexibility index (Phi) is 6.38. The van der Waals surface area contributed by atoms with E-state index < -0.39 is 0 Å². The van der Waals surface area contributed by atoms with Crippen molar-refractivity contribution in [3.63, 3.8) is 0 Å². The van der Waals surface area contributed by atoms with E-state index in [2.05, 4.69) is 5.32 Å². The number of amides is 2. The summed E-state index contributed by atoms with van der Waals surface area (Å²) < 4.78 is 10.4. The maximum absolute atomic E-state index is 12.1. The third kappa shape index (κ3) is 4.86. The zero-order valence-corrected chi connectivity index (χ0v) is 15.3. The SMILES string of the molecule is COc1ccc(/C=C/C(=O)Nc2ccc(N(C)C(C)=O)cc2)cc1OC. The van der Waals surface area contributed by atoms with Crippen molar-refractivity contribution in [3.8, 4) is 11.5 Å². The molecule has 0 radical (unpaired) electrons. The van der Waals surface area contributed by atoms with E-state index in [0.29, 0.717) is 17.2 Å². The molecule has 2 aromatic carbocycles. The van der Waals surface area contributed by atoms with Crippen molar-refractivity contribution >= 4 is 29.3 Å². The van der Waals surface area contributed by atoms with Crippen LogP contribution in [0, 0.1) is 0 Å². The molecule has 6 heteroatoms. The van der Waals surface area contributed by atoms with Gasteiger partial charge in [-0.15, -0.1) is 0 Å². The van der Waals surface area contributed by atoms with Crippen molar-refractivity contribution in [3.05, 3.63) is 54.1 Å². The average molecular weight is 354 g/mol. The Morgan fingerprint density at radius 2 is 1.65 bits per heavy atom. The molecular weight excluding hydrogens is 332 g/mol. The fourth-order valence-electron chi connectivity index (χ4n) is 2.26. The number of benzene rings is 2. The first-order valence-corrected chi connectivity index (χ1v) is 8.00. The third-order valence-electron chi connectivity index (χ3n) is 3.83. The summed E-state index contributed by atoms with van der Waals surface area (Å²) in [7, 11) is 4.83. The second kappa shape index (κ2) is 8.71. The van der Waals surface area contributed by atoms with Gasteiger partial charge in [-0.05, 0) is 48.0 Å². The summed E-state index contributed by atoms with van der Waals surface area (Å²) in [6, 6.07) is 12.4. The number of hydrogen-bond acceptors (Lipinski definition) is 4. The van der Waals surface area contributed by atoms with Gasteiger partial charge in [-0.2, -0.15) is 0 Å². The molecule has 0 fully saturated rings. The molecule has 0 saturated heterocycles. The van der Waals surface area contributed by atoms with Crippen LogP contribution in [-0.2, 0) is 9.59 Å². The Morgan fingerprint density at radius 3 is 2.23 bits per heavy atom. The summed E-state index contributed by atoms with van der Waals surface area (Å²) in [4.78, 5) is 24.9. The molecule has 2 rings (SSSR count). The third-order valence-corrected chi connectivity index (χ3v) is 3.83. The molecule has 26 heavy (non-hydrogen) atoms. The van der Waals surface area contributed by atoms with E-state index in [1.807, 2.05) is 6.07 Å². The predicted octanol–water partition coefficient (Wildman–Crippen LogP) is 3.34. The highest BCUT2D eigenvalue weighted by atomic mass is 16.5. The number of carbonyl (C=O) groups is 2. The Balaban J connectivity index is 2.02. The summed E-state index contributed by atoms with van der Waals surface area (Å²) in [5.41, 5.74) is 2.22. The van der Waals surface area contributed by atoms with Gasteiger partial charge in [0, 0.05) is 31.4 Å². The Morgan fingerprint density at radius 1 is 1.00 bits per heavy atom. The maximum atomic E-state index is 12.1. The number of ether oxygens (including phenoxy) is 2. The van der Waals surface area contributed by atoms with Crippen LogP contribution in [0.2, 0.25) is 0 Å². The number of carbonyl (C=O) groups excluding carboxylic acids is 2. The molecule has 6 nitrogen and oxygen atoms in total. The van der Waals surface area contributed by atoms with Gasteiger partial charge in [0.1, 0.15) is 0 Å². The molecule has 2 amide bonds. The highest BCUT2D eigenvalue weighted by Crippen LogP contribution is 2.28. The van der Waals surface area contributed by atoms with E-state index in [4.69, 9.17) is 9.47 Å². The van der Waals surface area contributed by atoms with E-state index in [-0.39, 0.29) is 11.8 Å². The molecule has 2 aromatic rings. The van der Waals surface area contributed by atoms with Gasteiger partial charge in [-0.3, -0.25) is 9.59 Å². The van der Waals surface area contributed by atoms with Crippen LogP contribution in [0.15, 0.2) is 48.5 Å². The number of nitrogens with one attached hydrogen (secondary N) is 1. The normalized spacial score (nSPS) is 10.5. The van der Waals surface area contributed by atoms with Crippen LogP contribution in [0.3, 0.4) is 0 Å². The number of anilines is 2. The second-order valence-corrected chi connectivity index (χ2v) is 5.56. The fourth-order valence-corrected chi connectivity index (χ4v) is 2.26. The molecule has 0 aromatic heterocycles. The molecule has 0 aliphatic carbocycles. The van der Waals surface area contributed by atoms with Gasteiger partial charge in [0.15, 0.2) is 11.5 Å². The Hall–Kier alpha value is -3.28. The fraction of sp³-hybridized carbons (Fsp3) is 0.200. The minimum atomic E-state index is -0.257. The van der Waals surface area contributed by atoms with Crippen molar-refractivity contribution in [2.75, 3.05) is 31.5 Å². The highest BCUT2D eigenvalue weighted by Gasteiger charge is 2.06. The molecule has 0 aliphatic heterocycles. The van der Waals surface area contributed by atoms with Crippen LogP contribution in [-0.4, -0.2) is 33.1 Å². The lowest BCUT2D eigenvalue weighted by atomic mass is 10.2. The van der Waals surface area contributed by atoms with Gasteiger partial charge in [0.25, 0.3) is 0 Å². The standard InChI is InChI=1S/C20H22N2O4/c1-14(23)22(2)17-9-7-16(8-10-17)21-20(24)12-6-15-5-11-18(25-3)19(13-15)26-4/h5-13H,1-4H3,(H,21,24)/b12-6+. The first kappa shape index (κ1) is 19.1. The lowest BCUT2D eigenvalue weighted by Crippen LogP contribution is -2.22. The number of nitrogens with zero attached hydrogens (tertiary/aromatic N) is 1. The Bertz CT molecular complexity index is 813. The first-order chi connectivity index (χ1) is 12.4. The minimum Gasteiger partial charge on any atom is -0.493 e. The van der Waals surface area contributed by atoms with Crippen molar-refractivity contribution < 1.29 is 19.1 Å². The number of rotatable bonds is 6. The molecule has 0 saturated carbocycles. The summed E-state index contributed by atoms with van der Waals surface area (Å²) in [6.07, 6.45) is 3.13. The van der Waals surface area contributed by atoms with Crippen LogP contribution in [0.5, 0.6) is 11.5 Å². The lowest BCUT2D eigenvalue weighted by molar-refractivity contribution is -0.116. The number of hydrogen-bond donors (Lipinski definition) is 1. The summed E-state index contributed by atoms with van der Waals surface area (Å²) in [6.45, 7) is 1.49. The van der Waals surface area contributed by atoms with Crippen molar-refractivity contribution in [2.45, 2.75) is 6.92 Å². The van der Waals surface area contributed by atoms with Gasteiger partial charge < -0.3 is 19.7 Å². The van der Waals surface area contributed by atoms with E-state index in [1.165, 1.54) is 17.9 Å². The molecule has 1 N–H and O–H groups in total. The average Bonchev–Trinajstić information content (AvgIpc) is 2.66. The van der Waals surface area contributed by atoms with E-state index >= 15 is 0 Å². The topological polar surface area (TPSA) is 67.9 Å². The zero-order chi connectivity index (χ0) is 19.1. The molecule has 0 aliphatic rings.